The third kappa shape index (κ3) is 3.95. The number of H-pyrrole nitrogens is 1. The largest absolute Gasteiger partial charge is 0.298 e. The molecule has 1 N–H and O–H groups in total. The Morgan fingerprint density at radius 2 is 2.04 bits per heavy atom. The lowest BCUT2D eigenvalue weighted by Crippen LogP contribution is -2.34. The SMILES string of the molecule is CC(C)c1cn[nH]c1[C@H]1CCCN(Cc2cnn(-c3ccc(F)cc3)c2)C1. The molecular formula is C21H26FN5. The summed E-state index contributed by atoms with van der Waals surface area (Å²) in [6, 6.07) is 6.41. The van der Waals surface area contributed by atoms with Crippen molar-refractivity contribution in [3.63, 3.8) is 0 Å². The molecular weight excluding hydrogens is 341 g/mol. The molecule has 3 heterocycles. The summed E-state index contributed by atoms with van der Waals surface area (Å²) in [5.74, 6) is 0.763. The Balaban J connectivity index is 1.44. The maximum absolute atomic E-state index is 13.1. The lowest BCUT2D eigenvalue weighted by atomic mass is 9.89. The van der Waals surface area contributed by atoms with Crippen molar-refractivity contribution in [3.05, 3.63) is 65.5 Å². The summed E-state index contributed by atoms with van der Waals surface area (Å²) in [5, 5.41) is 12.0. The van der Waals surface area contributed by atoms with E-state index < -0.39 is 0 Å². The molecule has 0 saturated carbocycles. The number of hydrogen-bond donors (Lipinski definition) is 1. The third-order valence-corrected chi connectivity index (χ3v) is 5.37. The number of piperidine rings is 1. The Hall–Kier alpha value is -2.47. The number of halogens is 1. The smallest absolute Gasteiger partial charge is 0.123 e. The zero-order chi connectivity index (χ0) is 18.8. The Bertz CT molecular complexity index is 880. The third-order valence-electron chi connectivity index (χ3n) is 5.37. The minimum atomic E-state index is -0.231. The van der Waals surface area contributed by atoms with Crippen LogP contribution in [-0.2, 0) is 6.54 Å². The predicted octanol–water partition coefficient (Wildman–Crippen LogP) is 4.24. The van der Waals surface area contributed by atoms with E-state index in [1.54, 1.807) is 12.1 Å². The zero-order valence-electron chi connectivity index (χ0n) is 15.9. The molecule has 1 saturated heterocycles. The average Bonchev–Trinajstić information content (AvgIpc) is 3.32. The summed E-state index contributed by atoms with van der Waals surface area (Å²) < 4.78 is 14.9. The molecule has 1 aromatic carbocycles. The minimum absolute atomic E-state index is 0.231. The molecule has 142 valence electrons. The molecule has 27 heavy (non-hydrogen) atoms. The van der Waals surface area contributed by atoms with Gasteiger partial charge in [-0.1, -0.05) is 13.8 Å². The predicted molar refractivity (Wildman–Crippen MR) is 103 cm³/mol. The van der Waals surface area contributed by atoms with Crippen molar-refractivity contribution in [1.29, 1.82) is 0 Å². The van der Waals surface area contributed by atoms with Gasteiger partial charge >= 0.3 is 0 Å². The number of nitrogens with one attached hydrogen (secondary N) is 1. The number of aromatic amines is 1. The molecule has 6 heteroatoms. The number of hydrogen-bond acceptors (Lipinski definition) is 3. The van der Waals surface area contributed by atoms with Crippen LogP contribution >= 0.6 is 0 Å². The second kappa shape index (κ2) is 7.64. The van der Waals surface area contributed by atoms with Crippen LogP contribution < -0.4 is 0 Å². The fraction of sp³-hybridized carbons (Fsp3) is 0.429. The van der Waals surface area contributed by atoms with E-state index in [9.17, 15) is 4.39 Å². The number of rotatable bonds is 5. The van der Waals surface area contributed by atoms with Gasteiger partial charge in [-0.15, -0.1) is 0 Å². The maximum Gasteiger partial charge on any atom is 0.123 e. The summed E-state index contributed by atoms with van der Waals surface area (Å²) in [7, 11) is 0. The highest BCUT2D eigenvalue weighted by molar-refractivity contribution is 5.31. The van der Waals surface area contributed by atoms with Gasteiger partial charge in [-0.05, 0) is 55.1 Å². The highest BCUT2D eigenvalue weighted by atomic mass is 19.1. The fourth-order valence-corrected chi connectivity index (χ4v) is 3.96. The molecule has 0 unspecified atom stereocenters. The Morgan fingerprint density at radius 1 is 1.22 bits per heavy atom. The van der Waals surface area contributed by atoms with Crippen LogP contribution in [-0.4, -0.2) is 38.0 Å². The second-order valence-corrected chi connectivity index (χ2v) is 7.74. The second-order valence-electron chi connectivity index (χ2n) is 7.74. The van der Waals surface area contributed by atoms with Crippen LogP contribution in [0.1, 0.15) is 55.3 Å². The summed E-state index contributed by atoms with van der Waals surface area (Å²) in [6.45, 7) is 7.45. The van der Waals surface area contributed by atoms with E-state index in [0.29, 0.717) is 11.8 Å². The Kier molecular flexibility index (Phi) is 5.07. The van der Waals surface area contributed by atoms with Gasteiger partial charge in [0, 0.05) is 36.5 Å². The molecule has 1 aliphatic heterocycles. The number of benzene rings is 1. The van der Waals surface area contributed by atoms with Gasteiger partial charge in [0.2, 0.25) is 0 Å². The van der Waals surface area contributed by atoms with Crippen molar-refractivity contribution in [2.75, 3.05) is 13.1 Å². The van der Waals surface area contributed by atoms with E-state index in [0.717, 1.165) is 25.3 Å². The van der Waals surface area contributed by atoms with Gasteiger partial charge in [-0.3, -0.25) is 10.00 Å². The van der Waals surface area contributed by atoms with Gasteiger partial charge in [0.1, 0.15) is 5.82 Å². The van der Waals surface area contributed by atoms with Crippen molar-refractivity contribution in [2.45, 2.75) is 45.1 Å². The Morgan fingerprint density at radius 3 is 2.81 bits per heavy atom. The van der Waals surface area contributed by atoms with Crippen molar-refractivity contribution in [3.8, 4) is 5.69 Å². The fourth-order valence-electron chi connectivity index (χ4n) is 3.96. The normalized spacial score (nSPS) is 18.3. The van der Waals surface area contributed by atoms with Gasteiger partial charge in [0.25, 0.3) is 0 Å². The molecule has 0 aliphatic carbocycles. The van der Waals surface area contributed by atoms with E-state index in [1.807, 2.05) is 23.3 Å². The van der Waals surface area contributed by atoms with Crippen LogP contribution in [0.2, 0.25) is 0 Å². The summed E-state index contributed by atoms with van der Waals surface area (Å²) in [5.41, 5.74) is 4.69. The molecule has 0 bridgehead atoms. The molecule has 0 radical (unpaired) electrons. The number of aromatic nitrogens is 4. The van der Waals surface area contributed by atoms with Crippen molar-refractivity contribution in [1.82, 2.24) is 24.9 Å². The number of nitrogens with zero attached hydrogens (tertiary/aromatic N) is 4. The molecule has 1 aliphatic rings. The monoisotopic (exact) mass is 367 g/mol. The van der Waals surface area contributed by atoms with E-state index in [1.165, 1.54) is 41.8 Å². The highest BCUT2D eigenvalue weighted by Gasteiger charge is 2.25. The highest BCUT2D eigenvalue weighted by Crippen LogP contribution is 2.31. The first-order valence-corrected chi connectivity index (χ1v) is 9.65. The van der Waals surface area contributed by atoms with E-state index in [-0.39, 0.29) is 5.82 Å². The molecule has 2 aromatic heterocycles. The summed E-state index contributed by atoms with van der Waals surface area (Å²) in [4.78, 5) is 2.49. The number of likely N-dealkylation sites (tertiary alicyclic amines) is 1. The summed E-state index contributed by atoms with van der Waals surface area (Å²) >= 11 is 0. The topological polar surface area (TPSA) is 49.7 Å². The van der Waals surface area contributed by atoms with Gasteiger partial charge < -0.3 is 0 Å². The van der Waals surface area contributed by atoms with E-state index in [2.05, 4.69) is 34.0 Å². The standard InChI is InChI=1S/C21H26FN5/c1-15(2)20-11-23-25-21(20)17-4-3-9-26(14-17)12-16-10-24-27(13-16)19-7-5-18(22)6-8-19/h5-8,10-11,13,15,17H,3-4,9,12,14H2,1-2H3,(H,23,25)/t17-/m0/s1. The van der Waals surface area contributed by atoms with Crippen LogP contribution in [0.3, 0.4) is 0 Å². The molecule has 4 rings (SSSR count). The quantitative estimate of drug-likeness (QED) is 0.734. The first kappa shape index (κ1) is 17.9. The zero-order valence-corrected chi connectivity index (χ0v) is 15.9. The van der Waals surface area contributed by atoms with Crippen molar-refractivity contribution < 1.29 is 4.39 Å². The van der Waals surface area contributed by atoms with Crippen molar-refractivity contribution >= 4 is 0 Å². The van der Waals surface area contributed by atoms with E-state index in [4.69, 9.17) is 0 Å². The molecule has 3 aromatic rings. The van der Waals surface area contributed by atoms with Crippen LogP contribution in [0.15, 0.2) is 42.9 Å². The van der Waals surface area contributed by atoms with Crippen LogP contribution in [0.5, 0.6) is 0 Å². The molecule has 1 atom stereocenters. The first-order chi connectivity index (χ1) is 13.1. The first-order valence-electron chi connectivity index (χ1n) is 9.65. The lowest BCUT2D eigenvalue weighted by Gasteiger charge is -2.32. The van der Waals surface area contributed by atoms with Gasteiger partial charge in [-0.25, -0.2) is 9.07 Å². The van der Waals surface area contributed by atoms with Gasteiger partial charge in [-0.2, -0.15) is 10.2 Å². The molecule has 0 spiro atoms. The van der Waals surface area contributed by atoms with Crippen LogP contribution in [0.25, 0.3) is 5.69 Å². The maximum atomic E-state index is 13.1. The van der Waals surface area contributed by atoms with Crippen LogP contribution in [0.4, 0.5) is 4.39 Å². The van der Waals surface area contributed by atoms with Crippen molar-refractivity contribution in [2.24, 2.45) is 0 Å². The molecule has 5 nitrogen and oxygen atoms in total. The van der Waals surface area contributed by atoms with E-state index >= 15 is 0 Å². The molecule has 0 amide bonds. The van der Waals surface area contributed by atoms with Crippen LogP contribution in [0, 0.1) is 5.82 Å². The van der Waals surface area contributed by atoms with Gasteiger partial charge in [0.15, 0.2) is 0 Å². The minimum Gasteiger partial charge on any atom is -0.298 e. The Labute approximate surface area is 159 Å². The lowest BCUT2D eigenvalue weighted by molar-refractivity contribution is 0.198. The van der Waals surface area contributed by atoms with Gasteiger partial charge in [0.05, 0.1) is 18.1 Å². The molecule has 1 fully saturated rings. The summed E-state index contributed by atoms with van der Waals surface area (Å²) in [6.07, 6.45) is 8.31. The average molecular weight is 367 g/mol.